The number of ether oxygens (including phenoxy) is 2. The van der Waals surface area contributed by atoms with Crippen LogP contribution in [0.1, 0.15) is 34.3 Å². The largest absolute Gasteiger partial charge is 1.00 e. The smallest absolute Gasteiger partial charge is 0.408 e. The van der Waals surface area contributed by atoms with Crippen molar-refractivity contribution >= 4 is 18.0 Å². The second kappa shape index (κ2) is 14.7. The first-order valence-corrected chi connectivity index (χ1v) is 11.0. The summed E-state index contributed by atoms with van der Waals surface area (Å²) < 4.78 is 12.6. The van der Waals surface area contributed by atoms with Crippen LogP contribution in [-0.4, -0.2) is 24.0 Å². The fraction of sp³-hybridized carbons (Fsp3) is 0.231. The van der Waals surface area contributed by atoms with Crippen LogP contribution >= 0.6 is 0 Å². The number of halogens is 1. The summed E-state index contributed by atoms with van der Waals surface area (Å²) in [4.78, 5) is 36.3. The fourth-order valence-corrected chi connectivity index (χ4v) is 3.23. The van der Waals surface area contributed by atoms with Gasteiger partial charge in [0.1, 0.15) is 25.8 Å². The number of hydrogen-bond donors (Lipinski definition) is 2. The summed E-state index contributed by atoms with van der Waals surface area (Å²) >= 11 is 0. The lowest BCUT2D eigenvalue weighted by Crippen LogP contribution is -3.00. The van der Waals surface area contributed by atoms with E-state index in [1.807, 2.05) is 65.2 Å². The predicted molar refractivity (Wildman–Crippen MR) is 124 cm³/mol. The van der Waals surface area contributed by atoms with E-state index in [4.69, 9.17) is 15.2 Å². The Balaban J connectivity index is 0.00000432. The van der Waals surface area contributed by atoms with Crippen LogP contribution < -0.4 is 39.6 Å². The third-order valence-electron chi connectivity index (χ3n) is 5.10. The van der Waals surface area contributed by atoms with Crippen LogP contribution in [0.15, 0.2) is 85.2 Å². The second-order valence-corrected chi connectivity index (χ2v) is 7.68. The lowest BCUT2D eigenvalue weighted by molar-refractivity contribution is -0.697. The molecular weight excluding hydrogens is 561 g/mol. The molecule has 0 aliphatic carbocycles. The molecule has 0 saturated heterocycles. The SMILES string of the molecule is NC(=O)c1cc[n+](CCC[C@H](NC(=O)OCc2ccccc2)C(=O)OCc2ccccc2)cc1.[I-]. The van der Waals surface area contributed by atoms with Crippen LogP contribution in [0.25, 0.3) is 0 Å². The molecule has 35 heavy (non-hydrogen) atoms. The highest BCUT2D eigenvalue weighted by atomic mass is 127. The number of esters is 1. The van der Waals surface area contributed by atoms with E-state index < -0.39 is 24.0 Å². The number of nitrogens with zero attached hydrogens (tertiary/aromatic N) is 1. The van der Waals surface area contributed by atoms with Gasteiger partial charge in [-0.2, -0.15) is 0 Å². The Bertz CT molecular complexity index is 1080. The van der Waals surface area contributed by atoms with Gasteiger partial charge in [0.25, 0.3) is 0 Å². The molecule has 184 valence electrons. The summed E-state index contributed by atoms with van der Waals surface area (Å²) in [7, 11) is 0. The van der Waals surface area contributed by atoms with Gasteiger partial charge in [-0.1, -0.05) is 60.7 Å². The van der Waals surface area contributed by atoms with Gasteiger partial charge >= 0.3 is 12.1 Å². The number of alkyl carbamates (subject to hydrolysis) is 1. The molecule has 1 atom stereocenters. The zero-order chi connectivity index (χ0) is 24.2. The number of rotatable bonds is 11. The highest BCUT2D eigenvalue weighted by Gasteiger charge is 2.23. The summed E-state index contributed by atoms with van der Waals surface area (Å²) in [5.41, 5.74) is 7.38. The lowest BCUT2D eigenvalue weighted by atomic mass is 10.1. The number of aromatic nitrogens is 1. The van der Waals surface area contributed by atoms with Gasteiger partial charge in [-0.15, -0.1) is 0 Å². The van der Waals surface area contributed by atoms with E-state index in [2.05, 4.69) is 5.32 Å². The van der Waals surface area contributed by atoms with Crippen molar-refractivity contribution in [3.8, 4) is 0 Å². The standard InChI is InChI=1S/C26H27N3O5.HI/c27-24(30)22-13-16-29(17-14-22)15-7-12-23(25(31)33-18-20-8-3-1-4-9-20)28-26(32)34-19-21-10-5-2-6-11-21;/h1-6,8-11,13-14,16-17,23H,7,12,15,18-19H2,(H2-,27,28,30,32);1H/t23-;/m0./s1. The average Bonchev–Trinajstić information content (AvgIpc) is 2.87. The van der Waals surface area contributed by atoms with Gasteiger partial charge in [-0.3, -0.25) is 4.79 Å². The summed E-state index contributed by atoms with van der Waals surface area (Å²) in [5.74, 6) is -1.03. The van der Waals surface area contributed by atoms with Gasteiger partial charge in [0.15, 0.2) is 12.4 Å². The number of aryl methyl sites for hydroxylation is 1. The fourth-order valence-electron chi connectivity index (χ4n) is 3.23. The zero-order valence-corrected chi connectivity index (χ0v) is 21.3. The molecule has 1 heterocycles. The molecule has 0 aliphatic heterocycles. The van der Waals surface area contributed by atoms with Gasteiger partial charge < -0.3 is 44.5 Å². The van der Waals surface area contributed by atoms with E-state index in [0.29, 0.717) is 24.9 Å². The normalized spacial score (nSPS) is 11.0. The molecule has 0 radical (unpaired) electrons. The maximum Gasteiger partial charge on any atom is 0.408 e. The Kier molecular flexibility index (Phi) is 11.7. The van der Waals surface area contributed by atoms with Crippen molar-refractivity contribution in [3.63, 3.8) is 0 Å². The molecule has 0 aliphatic rings. The Hall–Kier alpha value is -3.47. The zero-order valence-electron chi connectivity index (χ0n) is 19.1. The minimum atomic E-state index is -0.863. The Morgan fingerprint density at radius 3 is 1.91 bits per heavy atom. The second-order valence-electron chi connectivity index (χ2n) is 7.68. The summed E-state index contributed by atoms with van der Waals surface area (Å²) in [6, 6.07) is 21.0. The van der Waals surface area contributed by atoms with E-state index in [0.717, 1.165) is 11.1 Å². The molecular formula is C26H28IN3O5. The molecule has 0 bridgehead atoms. The number of benzene rings is 2. The van der Waals surface area contributed by atoms with E-state index in [1.54, 1.807) is 24.5 Å². The number of carbonyl (C=O) groups excluding carboxylic acids is 3. The third-order valence-corrected chi connectivity index (χ3v) is 5.10. The van der Waals surface area contributed by atoms with Crippen molar-refractivity contribution in [1.29, 1.82) is 0 Å². The first kappa shape index (κ1) is 27.8. The van der Waals surface area contributed by atoms with Gasteiger partial charge in [0.05, 0.1) is 5.56 Å². The number of nitrogens with two attached hydrogens (primary N) is 1. The van der Waals surface area contributed by atoms with Gasteiger partial charge in [-0.05, 0) is 17.5 Å². The lowest BCUT2D eigenvalue weighted by Gasteiger charge is -2.17. The van der Waals surface area contributed by atoms with Crippen molar-refractivity contribution in [2.45, 2.75) is 38.6 Å². The maximum absolute atomic E-state index is 12.7. The molecule has 0 fully saturated rings. The molecule has 3 rings (SSSR count). The first-order valence-electron chi connectivity index (χ1n) is 11.0. The number of amides is 2. The maximum atomic E-state index is 12.7. The van der Waals surface area contributed by atoms with Crippen molar-refractivity contribution in [3.05, 3.63) is 102 Å². The first-order chi connectivity index (χ1) is 16.5. The molecule has 3 aromatic rings. The third kappa shape index (κ3) is 9.73. The Labute approximate surface area is 221 Å². The number of nitrogens with one attached hydrogen (secondary N) is 1. The number of primary amides is 1. The average molecular weight is 589 g/mol. The monoisotopic (exact) mass is 589 g/mol. The van der Waals surface area contributed by atoms with Crippen molar-refractivity contribution in [1.82, 2.24) is 5.32 Å². The number of carbonyl (C=O) groups is 3. The molecule has 2 aromatic carbocycles. The minimum absolute atomic E-state index is 0. The van der Waals surface area contributed by atoms with E-state index in [9.17, 15) is 14.4 Å². The van der Waals surface area contributed by atoms with Crippen LogP contribution in [0.2, 0.25) is 0 Å². The van der Waals surface area contributed by atoms with Gasteiger partial charge in [0, 0.05) is 18.6 Å². The Morgan fingerprint density at radius 1 is 0.829 bits per heavy atom. The number of hydrogen-bond acceptors (Lipinski definition) is 5. The van der Waals surface area contributed by atoms with Crippen LogP contribution in [0, 0.1) is 0 Å². The molecule has 0 unspecified atom stereocenters. The van der Waals surface area contributed by atoms with Gasteiger partial charge in [-0.25, -0.2) is 14.2 Å². The van der Waals surface area contributed by atoms with Crippen LogP contribution in [0.4, 0.5) is 4.79 Å². The molecule has 8 nitrogen and oxygen atoms in total. The topological polar surface area (TPSA) is 112 Å². The van der Waals surface area contributed by atoms with Crippen molar-refractivity contribution < 1.29 is 52.4 Å². The summed E-state index contributed by atoms with van der Waals surface area (Å²) in [5, 5.41) is 2.63. The highest BCUT2D eigenvalue weighted by molar-refractivity contribution is 5.92. The van der Waals surface area contributed by atoms with Crippen LogP contribution in [-0.2, 0) is 34.0 Å². The van der Waals surface area contributed by atoms with Crippen molar-refractivity contribution in [2.24, 2.45) is 5.73 Å². The molecule has 0 saturated carbocycles. The van der Waals surface area contributed by atoms with Gasteiger partial charge in [0.2, 0.25) is 5.91 Å². The quantitative estimate of drug-likeness (QED) is 0.184. The highest BCUT2D eigenvalue weighted by Crippen LogP contribution is 2.07. The molecule has 3 N–H and O–H groups in total. The number of pyridine rings is 1. The predicted octanol–water partition coefficient (Wildman–Crippen LogP) is -0.104. The summed E-state index contributed by atoms with van der Waals surface area (Å²) in [6.07, 6.45) is 3.71. The molecule has 1 aromatic heterocycles. The van der Waals surface area contributed by atoms with Crippen LogP contribution in [0.3, 0.4) is 0 Å². The molecule has 9 heteroatoms. The summed E-state index contributed by atoms with van der Waals surface area (Å²) in [6.45, 7) is 0.781. The van der Waals surface area contributed by atoms with Crippen LogP contribution in [0.5, 0.6) is 0 Å². The van der Waals surface area contributed by atoms with E-state index in [1.165, 1.54) is 0 Å². The minimum Gasteiger partial charge on any atom is -1.00 e. The van der Waals surface area contributed by atoms with E-state index >= 15 is 0 Å². The molecule has 0 spiro atoms. The van der Waals surface area contributed by atoms with Crippen molar-refractivity contribution in [2.75, 3.05) is 0 Å². The van der Waals surface area contributed by atoms with E-state index in [-0.39, 0.29) is 37.2 Å². The Morgan fingerprint density at radius 2 is 1.37 bits per heavy atom. The molecule has 2 amide bonds.